The van der Waals surface area contributed by atoms with Crippen molar-refractivity contribution in [2.45, 2.75) is 26.2 Å². The van der Waals surface area contributed by atoms with E-state index in [4.69, 9.17) is 34.8 Å². The standard InChI is InChI=1S/C16H34O8Si4/c1-17-27(18-2,19-3)23-25(7,8)15-13-11-12-14-16(15)26(9,10)24-28(20-4,21-5)22-6/h11-14H,1-10H3. The van der Waals surface area contributed by atoms with Gasteiger partial charge in [-0.25, -0.2) is 0 Å². The van der Waals surface area contributed by atoms with Crippen molar-refractivity contribution in [1.82, 2.24) is 0 Å². The smallest absolute Gasteiger partial charge is 0.390 e. The summed E-state index contributed by atoms with van der Waals surface area (Å²) >= 11 is 0. The molecule has 0 amide bonds. The minimum atomic E-state index is -3.21. The third-order valence-electron chi connectivity index (χ3n) is 4.48. The molecule has 12 heteroatoms. The summed E-state index contributed by atoms with van der Waals surface area (Å²) < 4.78 is 45.7. The van der Waals surface area contributed by atoms with Crippen LogP contribution in [0.15, 0.2) is 24.3 Å². The van der Waals surface area contributed by atoms with E-state index in [1.807, 2.05) is 12.1 Å². The van der Waals surface area contributed by atoms with Gasteiger partial charge in [-0.2, -0.15) is 0 Å². The summed E-state index contributed by atoms with van der Waals surface area (Å²) in [5, 5.41) is 2.17. The summed E-state index contributed by atoms with van der Waals surface area (Å²) in [6.07, 6.45) is 0. The van der Waals surface area contributed by atoms with Gasteiger partial charge in [-0.05, 0) is 36.6 Å². The van der Waals surface area contributed by atoms with Gasteiger partial charge >= 0.3 is 18.1 Å². The number of rotatable bonds is 12. The summed E-state index contributed by atoms with van der Waals surface area (Å²) in [4.78, 5) is 0. The van der Waals surface area contributed by atoms with E-state index >= 15 is 0 Å². The van der Waals surface area contributed by atoms with Crippen molar-refractivity contribution >= 4 is 45.1 Å². The molecule has 0 heterocycles. The molecule has 0 unspecified atom stereocenters. The van der Waals surface area contributed by atoms with Crippen LogP contribution in [0, 0.1) is 0 Å². The highest BCUT2D eigenvalue weighted by Gasteiger charge is 2.52. The van der Waals surface area contributed by atoms with E-state index in [9.17, 15) is 0 Å². The Morgan fingerprint density at radius 2 is 0.750 bits per heavy atom. The summed E-state index contributed by atoms with van der Waals surface area (Å²) in [5.74, 6) is 0. The molecule has 0 aliphatic heterocycles. The van der Waals surface area contributed by atoms with Crippen LogP contribution >= 0.6 is 0 Å². The molecular weight excluding hydrogens is 433 g/mol. The minimum Gasteiger partial charge on any atom is -0.390 e. The SMILES string of the molecule is CO[Si](OC)(OC)O[Si](C)(C)c1ccccc1[Si](C)(C)O[Si](OC)(OC)OC. The van der Waals surface area contributed by atoms with E-state index in [0.717, 1.165) is 10.4 Å². The predicted octanol–water partition coefficient (Wildman–Crippen LogP) is 1.29. The molecule has 0 saturated heterocycles. The van der Waals surface area contributed by atoms with Crippen LogP contribution in [0.3, 0.4) is 0 Å². The van der Waals surface area contributed by atoms with Gasteiger partial charge in [-0.15, -0.1) is 0 Å². The number of hydrogen-bond acceptors (Lipinski definition) is 8. The fraction of sp³-hybridized carbons (Fsp3) is 0.625. The molecule has 8 nitrogen and oxygen atoms in total. The van der Waals surface area contributed by atoms with Crippen molar-refractivity contribution in [3.63, 3.8) is 0 Å². The highest BCUT2D eigenvalue weighted by atomic mass is 28.5. The molecule has 0 atom stereocenters. The van der Waals surface area contributed by atoms with E-state index in [1.165, 1.54) is 42.7 Å². The lowest BCUT2D eigenvalue weighted by molar-refractivity contribution is 0.0478. The van der Waals surface area contributed by atoms with Crippen LogP contribution < -0.4 is 10.4 Å². The van der Waals surface area contributed by atoms with Crippen LogP contribution in [-0.2, 0) is 34.8 Å². The van der Waals surface area contributed by atoms with E-state index in [0.29, 0.717) is 0 Å². The third-order valence-corrected chi connectivity index (χ3v) is 17.3. The molecule has 0 bridgehead atoms. The first-order valence-electron chi connectivity index (χ1n) is 8.82. The highest BCUT2D eigenvalue weighted by molar-refractivity contribution is 6.98. The maximum atomic E-state index is 6.40. The summed E-state index contributed by atoms with van der Waals surface area (Å²) in [7, 11) is -2.23. The second-order valence-electron chi connectivity index (χ2n) is 7.00. The quantitative estimate of drug-likeness (QED) is 0.427. The largest absolute Gasteiger partial charge is 0.668 e. The topological polar surface area (TPSA) is 73.8 Å². The van der Waals surface area contributed by atoms with E-state index in [2.05, 4.69) is 38.3 Å². The monoisotopic (exact) mass is 466 g/mol. The molecule has 0 aliphatic rings. The van der Waals surface area contributed by atoms with Crippen LogP contribution in [0.5, 0.6) is 0 Å². The second-order valence-corrected chi connectivity index (χ2v) is 20.2. The molecule has 0 aromatic heterocycles. The Morgan fingerprint density at radius 1 is 0.500 bits per heavy atom. The van der Waals surface area contributed by atoms with Crippen LogP contribution in [0.4, 0.5) is 0 Å². The van der Waals surface area contributed by atoms with Gasteiger partial charge in [0.15, 0.2) is 0 Å². The van der Waals surface area contributed by atoms with Crippen molar-refractivity contribution in [2.75, 3.05) is 42.7 Å². The number of hydrogen-bond donors (Lipinski definition) is 0. The minimum absolute atomic E-state index is 1.08. The fourth-order valence-corrected chi connectivity index (χ4v) is 16.2. The number of benzene rings is 1. The zero-order chi connectivity index (χ0) is 21.6. The third kappa shape index (κ3) is 5.68. The molecule has 1 rings (SSSR count). The van der Waals surface area contributed by atoms with E-state index in [1.54, 1.807) is 0 Å². The summed E-state index contributed by atoms with van der Waals surface area (Å²) in [6, 6.07) is 8.11. The second kappa shape index (κ2) is 10.2. The van der Waals surface area contributed by atoms with Crippen LogP contribution in [0.1, 0.15) is 0 Å². The Morgan fingerprint density at radius 3 is 0.964 bits per heavy atom. The normalized spacial score (nSPS) is 13.8. The van der Waals surface area contributed by atoms with Crippen LogP contribution in [0.25, 0.3) is 0 Å². The van der Waals surface area contributed by atoms with Gasteiger partial charge < -0.3 is 34.8 Å². The first kappa shape index (κ1) is 25.8. The van der Waals surface area contributed by atoms with Crippen molar-refractivity contribution < 1.29 is 34.8 Å². The summed E-state index contributed by atoms with van der Waals surface area (Å²) in [6.45, 7) is 8.34. The molecule has 0 fully saturated rings. The van der Waals surface area contributed by atoms with E-state index in [-0.39, 0.29) is 0 Å². The fourth-order valence-electron chi connectivity index (χ4n) is 3.02. The molecule has 1 aromatic rings. The lowest BCUT2D eigenvalue weighted by Gasteiger charge is -2.38. The van der Waals surface area contributed by atoms with Gasteiger partial charge in [0.05, 0.1) is 0 Å². The average Bonchev–Trinajstić information content (AvgIpc) is 2.70. The molecule has 162 valence electrons. The Hall–Kier alpha value is -0.232. The highest BCUT2D eigenvalue weighted by Crippen LogP contribution is 2.20. The van der Waals surface area contributed by atoms with Gasteiger partial charge in [0.1, 0.15) is 0 Å². The van der Waals surface area contributed by atoms with Gasteiger partial charge in [-0.3, -0.25) is 0 Å². The molecule has 0 saturated carbocycles. The lowest BCUT2D eigenvalue weighted by atomic mass is 10.4. The zero-order valence-corrected chi connectivity index (χ0v) is 22.6. The molecule has 1 aromatic carbocycles. The molecular formula is C16H34O8Si4. The maximum Gasteiger partial charge on any atom is 0.668 e. The Labute approximate surface area is 173 Å². The Balaban J connectivity index is 3.39. The van der Waals surface area contributed by atoms with Crippen molar-refractivity contribution in [3.05, 3.63) is 24.3 Å². The van der Waals surface area contributed by atoms with Gasteiger partial charge in [0.2, 0.25) is 16.6 Å². The van der Waals surface area contributed by atoms with Crippen LogP contribution in [-0.4, -0.2) is 77.4 Å². The summed E-state index contributed by atoms with van der Waals surface area (Å²) in [5.41, 5.74) is 0. The zero-order valence-electron chi connectivity index (χ0n) is 18.6. The average molecular weight is 467 g/mol. The van der Waals surface area contributed by atoms with Gasteiger partial charge in [0, 0.05) is 42.7 Å². The molecule has 0 radical (unpaired) electrons. The molecule has 0 aliphatic carbocycles. The van der Waals surface area contributed by atoms with Crippen LogP contribution in [0.2, 0.25) is 26.2 Å². The molecule has 0 N–H and O–H groups in total. The van der Waals surface area contributed by atoms with Gasteiger partial charge in [-0.1, -0.05) is 24.3 Å². The van der Waals surface area contributed by atoms with Crippen molar-refractivity contribution in [3.8, 4) is 0 Å². The van der Waals surface area contributed by atoms with Crippen molar-refractivity contribution in [1.29, 1.82) is 0 Å². The molecule has 28 heavy (non-hydrogen) atoms. The lowest BCUT2D eigenvalue weighted by Crippen LogP contribution is -2.67. The maximum absolute atomic E-state index is 6.40. The van der Waals surface area contributed by atoms with Gasteiger partial charge in [0.25, 0.3) is 0 Å². The first-order valence-corrected chi connectivity index (χ1v) is 17.9. The Kier molecular flexibility index (Phi) is 9.39. The molecule has 0 spiro atoms. The first-order chi connectivity index (χ1) is 13.0. The predicted molar refractivity (Wildman–Crippen MR) is 116 cm³/mol. The van der Waals surface area contributed by atoms with E-state index < -0.39 is 34.7 Å². The Bertz CT molecular complexity index is 551. The van der Waals surface area contributed by atoms with Crippen molar-refractivity contribution in [2.24, 2.45) is 0 Å².